The van der Waals surface area contributed by atoms with Crippen molar-refractivity contribution in [3.8, 4) is 11.5 Å². The average Bonchev–Trinajstić information content (AvgIpc) is 3.22. The number of aromatic nitrogens is 2. The molecule has 0 N–H and O–H groups in total. The summed E-state index contributed by atoms with van der Waals surface area (Å²) in [6.45, 7) is 1.49. The Kier molecular flexibility index (Phi) is 6.21. The monoisotopic (exact) mass is 451 g/mol. The Morgan fingerprint density at radius 2 is 1.86 bits per heavy atom. The zero-order chi connectivity index (χ0) is 20.3. The van der Waals surface area contributed by atoms with Crippen LogP contribution < -0.4 is 0 Å². The van der Waals surface area contributed by atoms with Gasteiger partial charge in [0.15, 0.2) is 0 Å². The minimum Gasteiger partial charge on any atom is -0.411 e. The highest BCUT2D eigenvalue weighted by Gasteiger charge is 2.26. The van der Waals surface area contributed by atoms with Gasteiger partial charge in [0.2, 0.25) is 15.9 Å². The van der Waals surface area contributed by atoms with E-state index in [1.165, 1.54) is 16.1 Å². The minimum atomic E-state index is -3.59. The molecule has 7 nitrogen and oxygen atoms in total. The molecule has 10 heteroatoms. The first-order chi connectivity index (χ1) is 14.0. The number of morpholine rings is 1. The molecule has 0 amide bonds. The van der Waals surface area contributed by atoms with Crippen molar-refractivity contribution in [2.24, 2.45) is 0 Å². The fraction of sp³-hybridized carbons (Fsp3) is 0.263. The van der Waals surface area contributed by atoms with Crippen LogP contribution in [0.4, 0.5) is 0 Å². The summed E-state index contributed by atoms with van der Waals surface area (Å²) in [4.78, 5) is 0.197. The van der Waals surface area contributed by atoms with Gasteiger partial charge in [0.25, 0.3) is 5.22 Å². The van der Waals surface area contributed by atoms with Gasteiger partial charge < -0.3 is 9.15 Å². The van der Waals surface area contributed by atoms with Crippen molar-refractivity contribution in [1.29, 1.82) is 0 Å². The average molecular weight is 452 g/mol. The van der Waals surface area contributed by atoms with E-state index in [0.717, 1.165) is 5.56 Å². The van der Waals surface area contributed by atoms with Crippen LogP contribution in [-0.2, 0) is 20.5 Å². The van der Waals surface area contributed by atoms with Crippen LogP contribution in [0.5, 0.6) is 0 Å². The number of rotatable bonds is 6. The quantitative estimate of drug-likeness (QED) is 0.528. The number of hydrogen-bond donors (Lipinski definition) is 0. The van der Waals surface area contributed by atoms with Crippen LogP contribution in [0.25, 0.3) is 11.5 Å². The van der Waals surface area contributed by atoms with Crippen molar-refractivity contribution in [3.05, 3.63) is 59.1 Å². The third-order valence-electron chi connectivity index (χ3n) is 4.35. The third-order valence-corrected chi connectivity index (χ3v) is 7.37. The van der Waals surface area contributed by atoms with E-state index in [1.807, 2.05) is 24.3 Å². The summed E-state index contributed by atoms with van der Waals surface area (Å²) >= 11 is 7.39. The summed E-state index contributed by atoms with van der Waals surface area (Å²) in [6.07, 6.45) is 0. The second-order valence-electron chi connectivity index (χ2n) is 6.34. The lowest BCUT2D eigenvalue weighted by Crippen LogP contribution is -2.40. The van der Waals surface area contributed by atoms with Crippen LogP contribution in [0.2, 0.25) is 5.02 Å². The maximum absolute atomic E-state index is 12.9. The molecule has 1 aromatic heterocycles. The topological polar surface area (TPSA) is 85.5 Å². The van der Waals surface area contributed by atoms with Crippen LogP contribution in [0.3, 0.4) is 0 Å². The normalized spacial score (nSPS) is 15.5. The van der Waals surface area contributed by atoms with E-state index in [9.17, 15) is 8.42 Å². The summed E-state index contributed by atoms with van der Waals surface area (Å²) < 4.78 is 38.1. The molecular weight excluding hydrogens is 434 g/mol. The first-order valence-electron chi connectivity index (χ1n) is 8.91. The fourth-order valence-corrected chi connectivity index (χ4v) is 5.26. The highest BCUT2D eigenvalue weighted by atomic mass is 35.5. The summed E-state index contributed by atoms with van der Waals surface area (Å²) in [7, 11) is -3.59. The number of thioether (sulfide) groups is 1. The van der Waals surface area contributed by atoms with Gasteiger partial charge in [-0.15, -0.1) is 10.2 Å². The number of halogens is 1. The summed E-state index contributed by atoms with van der Waals surface area (Å²) in [5, 5.41) is 9.19. The molecule has 0 unspecified atom stereocenters. The third kappa shape index (κ3) is 4.81. The molecule has 2 aromatic carbocycles. The molecule has 152 valence electrons. The fourth-order valence-electron chi connectivity index (χ4n) is 2.88. The molecule has 1 fully saturated rings. The second-order valence-corrected chi connectivity index (χ2v) is 9.64. The Bertz CT molecular complexity index is 1100. The van der Waals surface area contributed by atoms with E-state index in [4.69, 9.17) is 20.8 Å². The maximum atomic E-state index is 12.9. The summed E-state index contributed by atoms with van der Waals surface area (Å²) in [5.74, 6) is 0.908. The lowest BCUT2D eigenvalue weighted by molar-refractivity contribution is 0.0730. The van der Waals surface area contributed by atoms with Crippen LogP contribution in [0.15, 0.2) is 63.1 Å². The van der Waals surface area contributed by atoms with E-state index in [1.54, 1.807) is 24.3 Å². The molecule has 0 radical (unpaired) electrons. The Hall–Kier alpha value is -1.91. The number of hydrogen-bond acceptors (Lipinski definition) is 7. The van der Waals surface area contributed by atoms with Crippen molar-refractivity contribution in [2.45, 2.75) is 15.9 Å². The van der Waals surface area contributed by atoms with E-state index < -0.39 is 10.0 Å². The SMILES string of the molecule is O=S(=O)(c1cccc(-c2nnc(SCc3cccc(Cl)c3)o2)c1)N1CCOCC1. The lowest BCUT2D eigenvalue weighted by atomic mass is 10.2. The van der Waals surface area contributed by atoms with Gasteiger partial charge in [-0.1, -0.05) is 41.6 Å². The molecule has 1 aliphatic heterocycles. The van der Waals surface area contributed by atoms with Crippen LogP contribution in [-0.4, -0.2) is 49.2 Å². The van der Waals surface area contributed by atoms with Crippen molar-refractivity contribution < 1.29 is 17.6 Å². The van der Waals surface area contributed by atoms with Crippen molar-refractivity contribution >= 4 is 33.4 Å². The van der Waals surface area contributed by atoms with E-state index in [0.29, 0.717) is 47.9 Å². The standard InChI is InChI=1S/C19H18ClN3O4S2/c20-16-5-1-3-14(11-16)13-28-19-22-21-18(27-19)15-4-2-6-17(12-15)29(24,25)23-7-9-26-10-8-23/h1-6,11-12H,7-10,13H2. The Balaban J connectivity index is 1.50. The molecule has 1 saturated heterocycles. The van der Waals surface area contributed by atoms with Gasteiger partial charge in [-0.3, -0.25) is 0 Å². The van der Waals surface area contributed by atoms with Crippen molar-refractivity contribution in [3.63, 3.8) is 0 Å². The van der Waals surface area contributed by atoms with Gasteiger partial charge in [0.1, 0.15) is 0 Å². The highest BCUT2D eigenvalue weighted by Crippen LogP contribution is 2.28. The molecule has 0 atom stereocenters. The lowest BCUT2D eigenvalue weighted by Gasteiger charge is -2.26. The van der Waals surface area contributed by atoms with Gasteiger partial charge in [-0.2, -0.15) is 4.31 Å². The van der Waals surface area contributed by atoms with Crippen LogP contribution >= 0.6 is 23.4 Å². The summed E-state index contributed by atoms with van der Waals surface area (Å²) in [5.41, 5.74) is 1.60. The zero-order valence-corrected chi connectivity index (χ0v) is 17.7. The first-order valence-corrected chi connectivity index (χ1v) is 11.7. The predicted octanol–water partition coefficient (Wildman–Crippen LogP) is 3.70. The number of sulfonamides is 1. The molecule has 1 aliphatic rings. The van der Waals surface area contributed by atoms with Gasteiger partial charge >= 0.3 is 0 Å². The molecule has 0 aliphatic carbocycles. The van der Waals surface area contributed by atoms with E-state index in [2.05, 4.69) is 10.2 Å². The Labute approximate surface area is 178 Å². The number of benzene rings is 2. The number of nitrogens with zero attached hydrogens (tertiary/aromatic N) is 3. The minimum absolute atomic E-state index is 0.197. The molecule has 4 rings (SSSR count). The summed E-state index contributed by atoms with van der Waals surface area (Å²) in [6, 6.07) is 14.1. The Morgan fingerprint density at radius 3 is 2.66 bits per heavy atom. The molecule has 0 bridgehead atoms. The molecule has 3 aromatic rings. The second kappa shape index (κ2) is 8.85. The molecule has 0 spiro atoms. The molecule has 0 saturated carbocycles. The molecule has 2 heterocycles. The van der Waals surface area contributed by atoms with Crippen molar-refractivity contribution in [2.75, 3.05) is 26.3 Å². The first kappa shape index (κ1) is 20.4. The van der Waals surface area contributed by atoms with Crippen LogP contribution in [0, 0.1) is 0 Å². The number of ether oxygens (including phenoxy) is 1. The highest BCUT2D eigenvalue weighted by molar-refractivity contribution is 7.98. The molecule has 29 heavy (non-hydrogen) atoms. The smallest absolute Gasteiger partial charge is 0.277 e. The van der Waals surface area contributed by atoms with Crippen molar-refractivity contribution in [1.82, 2.24) is 14.5 Å². The predicted molar refractivity (Wildman–Crippen MR) is 110 cm³/mol. The van der Waals surface area contributed by atoms with Gasteiger partial charge in [0, 0.05) is 29.4 Å². The largest absolute Gasteiger partial charge is 0.411 e. The van der Waals surface area contributed by atoms with E-state index >= 15 is 0 Å². The van der Waals surface area contributed by atoms with E-state index in [-0.39, 0.29) is 10.8 Å². The van der Waals surface area contributed by atoms with Gasteiger partial charge in [0.05, 0.1) is 18.1 Å². The van der Waals surface area contributed by atoms with Gasteiger partial charge in [-0.25, -0.2) is 8.42 Å². The molecular formula is C19H18ClN3O4S2. The maximum Gasteiger partial charge on any atom is 0.277 e. The zero-order valence-electron chi connectivity index (χ0n) is 15.3. The van der Waals surface area contributed by atoms with Crippen LogP contribution in [0.1, 0.15) is 5.56 Å². The van der Waals surface area contributed by atoms with Gasteiger partial charge in [-0.05, 0) is 35.9 Å². The Morgan fingerprint density at radius 1 is 1.07 bits per heavy atom.